The summed E-state index contributed by atoms with van der Waals surface area (Å²) in [5.41, 5.74) is 2.02. The van der Waals surface area contributed by atoms with Gasteiger partial charge in [-0.25, -0.2) is 14.8 Å². The van der Waals surface area contributed by atoms with E-state index in [2.05, 4.69) is 30.8 Å². The summed E-state index contributed by atoms with van der Waals surface area (Å²) in [5.74, 6) is -0.109. The van der Waals surface area contributed by atoms with Crippen molar-refractivity contribution in [2.75, 3.05) is 47.2 Å². The highest BCUT2D eigenvalue weighted by atomic mass is 19.4. The number of carbonyl (C=O) groups is 2. The van der Waals surface area contributed by atoms with Crippen molar-refractivity contribution in [1.82, 2.24) is 14.5 Å². The second kappa shape index (κ2) is 12.1. The molecule has 3 aromatic carbocycles. The summed E-state index contributed by atoms with van der Waals surface area (Å²) in [5, 5.41) is 8.92. The SMILES string of the molecule is O=C(Nc1ccc(N2CCOCC2)cc1)c1cccc(NC(=O)n2ccc3c(Nc4cccc(C(F)(F)F)c4)ncnc32)c1. The molecule has 3 N–H and O–H groups in total. The van der Waals surface area contributed by atoms with E-state index in [-0.39, 0.29) is 23.1 Å². The molecule has 0 saturated carbocycles. The second-order valence-corrected chi connectivity index (χ2v) is 9.96. The van der Waals surface area contributed by atoms with Crippen LogP contribution in [0.25, 0.3) is 11.0 Å². The van der Waals surface area contributed by atoms with Gasteiger partial charge in [0.15, 0.2) is 5.65 Å². The van der Waals surface area contributed by atoms with Gasteiger partial charge in [-0.3, -0.25) is 9.36 Å². The van der Waals surface area contributed by atoms with Gasteiger partial charge < -0.3 is 25.6 Å². The van der Waals surface area contributed by atoms with Crippen LogP contribution in [0.1, 0.15) is 15.9 Å². The molecule has 13 heteroatoms. The van der Waals surface area contributed by atoms with Crippen LogP contribution in [0.5, 0.6) is 0 Å². The van der Waals surface area contributed by atoms with E-state index in [1.807, 2.05) is 24.3 Å². The Hall–Kier alpha value is -5.43. The van der Waals surface area contributed by atoms with E-state index in [4.69, 9.17) is 4.74 Å². The number of anilines is 5. The van der Waals surface area contributed by atoms with Gasteiger partial charge in [0.25, 0.3) is 5.91 Å². The maximum Gasteiger partial charge on any atom is 0.416 e. The lowest BCUT2D eigenvalue weighted by molar-refractivity contribution is -0.137. The summed E-state index contributed by atoms with van der Waals surface area (Å²) < 4.78 is 46.1. The van der Waals surface area contributed by atoms with Crippen molar-refractivity contribution in [3.8, 4) is 0 Å². The molecule has 10 nitrogen and oxygen atoms in total. The first-order chi connectivity index (χ1) is 21.2. The normalized spacial score (nSPS) is 13.5. The van der Waals surface area contributed by atoms with Crippen LogP contribution in [0.3, 0.4) is 0 Å². The fourth-order valence-electron chi connectivity index (χ4n) is 4.83. The minimum atomic E-state index is -4.49. The van der Waals surface area contributed by atoms with Crippen molar-refractivity contribution in [3.05, 3.63) is 103 Å². The van der Waals surface area contributed by atoms with Crippen molar-refractivity contribution in [2.24, 2.45) is 0 Å². The molecular formula is C31H26F3N7O3. The monoisotopic (exact) mass is 601 g/mol. The number of aromatic nitrogens is 3. The number of nitrogens with zero attached hydrogens (tertiary/aromatic N) is 4. The number of halogens is 3. The highest BCUT2D eigenvalue weighted by molar-refractivity contribution is 6.06. The van der Waals surface area contributed by atoms with E-state index in [9.17, 15) is 22.8 Å². The molecule has 5 aromatic rings. The van der Waals surface area contributed by atoms with E-state index in [1.54, 1.807) is 30.3 Å². The molecule has 0 unspecified atom stereocenters. The number of hydrogen-bond donors (Lipinski definition) is 3. The number of carbonyl (C=O) groups excluding carboxylic acids is 2. The van der Waals surface area contributed by atoms with Gasteiger partial charge in [-0.15, -0.1) is 0 Å². The molecule has 3 heterocycles. The lowest BCUT2D eigenvalue weighted by Crippen LogP contribution is -2.36. The Bertz CT molecular complexity index is 1820. The molecule has 224 valence electrons. The number of fused-ring (bicyclic) bond motifs is 1. The lowest BCUT2D eigenvalue weighted by atomic mass is 10.1. The van der Waals surface area contributed by atoms with Gasteiger partial charge in [0, 0.05) is 47.6 Å². The van der Waals surface area contributed by atoms with E-state index >= 15 is 0 Å². The standard InChI is InChI=1S/C31H26F3N7O3/c32-31(33,34)21-4-2-6-24(18-21)37-27-26-11-12-41(28(26)36-19-35-27)30(43)39-23-5-1-3-20(17-23)29(42)38-22-7-9-25(10-8-22)40-13-15-44-16-14-40/h1-12,17-19H,13-16H2,(H,38,42)(H,39,43)(H,35,36,37). The molecule has 44 heavy (non-hydrogen) atoms. The zero-order chi connectivity index (χ0) is 30.7. The summed E-state index contributed by atoms with van der Waals surface area (Å²) in [6.45, 7) is 2.99. The Morgan fingerprint density at radius 1 is 0.818 bits per heavy atom. The first-order valence-electron chi connectivity index (χ1n) is 13.7. The van der Waals surface area contributed by atoms with Crippen LogP contribution in [-0.2, 0) is 10.9 Å². The molecule has 1 aliphatic heterocycles. The summed E-state index contributed by atoms with van der Waals surface area (Å²) in [4.78, 5) is 36.7. The average molecular weight is 602 g/mol. The van der Waals surface area contributed by atoms with Crippen LogP contribution in [-0.4, -0.2) is 52.8 Å². The van der Waals surface area contributed by atoms with Crippen LogP contribution >= 0.6 is 0 Å². The highest BCUT2D eigenvalue weighted by Gasteiger charge is 2.30. The van der Waals surface area contributed by atoms with E-state index in [1.165, 1.54) is 29.2 Å². The fourth-order valence-corrected chi connectivity index (χ4v) is 4.83. The van der Waals surface area contributed by atoms with Crippen molar-refractivity contribution in [3.63, 3.8) is 0 Å². The lowest BCUT2D eigenvalue weighted by Gasteiger charge is -2.28. The van der Waals surface area contributed by atoms with Crippen molar-refractivity contribution in [1.29, 1.82) is 0 Å². The largest absolute Gasteiger partial charge is 0.416 e. The highest BCUT2D eigenvalue weighted by Crippen LogP contribution is 2.32. The summed E-state index contributed by atoms with van der Waals surface area (Å²) in [6.07, 6.45) is -1.81. The van der Waals surface area contributed by atoms with Crippen molar-refractivity contribution < 1.29 is 27.5 Å². The molecule has 0 bridgehead atoms. The van der Waals surface area contributed by atoms with Gasteiger partial charge in [0.05, 0.1) is 24.2 Å². The Morgan fingerprint density at radius 2 is 1.57 bits per heavy atom. The minimum absolute atomic E-state index is 0.181. The quantitative estimate of drug-likeness (QED) is 0.208. The third-order valence-electron chi connectivity index (χ3n) is 7.03. The molecule has 2 aromatic heterocycles. The third-order valence-corrected chi connectivity index (χ3v) is 7.03. The summed E-state index contributed by atoms with van der Waals surface area (Å²) in [6, 6.07) is 19.8. The van der Waals surface area contributed by atoms with Crippen LogP contribution < -0.4 is 20.9 Å². The first-order valence-corrected chi connectivity index (χ1v) is 13.7. The number of ether oxygens (including phenoxy) is 1. The van der Waals surface area contributed by atoms with Gasteiger partial charge >= 0.3 is 12.2 Å². The van der Waals surface area contributed by atoms with Crippen LogP contribution in [0.4, 0.5) is 46.5 Å². The predicted octanol–water partition coefficient (Wildman–Crippen LogP) is 6.36. The molecule has 0 atom stereocenters. The second-order valence-electron chi connectivity index (χ2n) is 9.96. The Kier molecular flexibility index (Phi) is 7.85. The number of alkyl halides is 3. The Balaban J connectivity index is 1.14. The molecule has 6 rings (SSSR count). The summed E-state index contributed by atoms with van der Waals surface area (Å²) >= 11 is 0. The van der Waals surface area contributed by atoms with Gasteiger partial charge in [-0.05, 0) is 66.7 Å². The number of rotatable bonds is 6. The molecule has 1 aliphatic rings. The first kappa shape index (κ1) is 28.7. The Labute approximate surface area is 249 Å². The van der Waals surface area contributed by atoms with Crippen LogP contribution in [0.15, 0.2) is 91.4 Å². The summed E-state index contributed by atoms with van der Waals surface area (Å²) in [7, 11) is 0. The minimum Gasteiger partial charge on any atom is -0.378 e. The molecule has 0 radical (unpaired) electrons. The van der Waals surface area contributed by atoms with Gasteiger partial charge in [-0.2, -0.15) is 13.2 Å². The van der Waals surface area contributed by atoms with Crippen LogP contribution in [0.2, 0.25) is 0 Å². The molecule has 1 saturated heterocycles. The molecule has 1 fully saturated rings. The Morgan fingerprint density at radius 3 is 2.34 bits per heavy atom. The molecule has 0 spiro atoms. The van der Waals surface area contributed by atoms with E-state index in [0.717, 1.165) is 30.9 Å². The number of nitrogens with one attached hydrogen (secondary N) is 3. The number of benzene rings is 3. The van der Waals surface area contributed by atoms with Gasteiger partial charge in [-0.1, -0.05) is 12.1 Å². The van der Waals surface area contributed by atoms with Gasteiger partial charge in [0.1, 0.15) is 12.1 Å². The third kappa shape index (κ3) is 6.32. The number of morpholine rings is 1. The molecular weight excluding hydrogens is 575 g/mol. The van der Waals surface area contributed by atoms with E-state index in [0.29, 0.717) is 35.5 Å². The maximum absolute atomic E-state index is 13.2. The number of hydrogen-bond acceptors (Lipinski definition) is 7. The topological polar surface area (TPSA) is 113 Å². The fraction of sp³-hybridized carbons (Fsp3) is 0.161. The maximum atomic E-state index is 13.2. The molecule has 2 amide bonds. The zero-order valence-corrected chi connectivity index (χ0v) is 23.1. The van der Waals surface area contributed by atoms with E-state index < -0.39 is 17.8 Å². The zero-order valence-electron chi connectivity index (χ0n) is 23.1. The van der Waals surface area contributed by atoms with Crippen LogP contribution in [0, 0.1) is 0 Å². The van der Waals surface area contributed by atoms with Crippen molar-refractivity contribution >= 4 is 51.5 Å². The van der Waals surface area contributed by atoms with Crippen molar-refractivity contribution in [2.45, 2.75) is 6.18 Å². The number of amides is 2. The van der Waals surface area contributed by atoms with Gasteiger partial charge in [0.2, 0.25) is 0 Å². The average Bonchev–Trinajstić information content (AvgIpc) is 3.47. The smallest absolute Gasteiger partial charge is 0.378 e. The predicted molar refractivity (Wildman–Crippen MR) is 161 cm³/mol. The molecule has 0 aliphatic carbocycles.